The molecule has 2 aromatic carbocycles. The van der Waals surface area contributed by atoms with E-state index in [1.54, 1.807) is 0 Å². The number of carbonyl (C=O) groups excluding carboxylic acids is 1. The molecule has 2 aromatic rings. The van der Waals surface area contributed by atoms with Crippen LogP contribution in [-0.2, 0) is 6.42 Å². The number of aryl methyl sites for hydroxylation is 1. The van der Waals surface area contributed by atoms with E-state index in [9.17, 15) is 13.6 Å². The lowest BCUT2D eigenvalue weighted by Gasteiger charge is -2.04. The quantitative estimate of drug-likeness (QED) is 0.558. The van der Waals surface area contributed by atoms with E-state index in [0.717, 1.165) is 25.0 Å². The molecule has 0 aliphatic heterocycles. The maximum Gasteiger partial charge on any atom is 0.173 e. The normalized spacial score (nSPS) is 10.6. The summed E-state index contributed by atoms with van der Waals surface area (Å²) in [6.45, 7) is 2.11. The number of carbonyl (C=O) groups is 1. The van der Waals surface area contributed by atoms with Crippen molar-refractivity contribution in [3.05, 3.63) is 65.2 Å². The highest BCUT2D eigenvalue weighted by Gasteiger charge is 2.08. The minimum absolute atomic E-state index is 0.0206. The van der Waals surface area contributed by atoms with Crippen LogP contribution in [-0.4, -0.2) is 11.5 Å². The van der Waals surface area contributed by atoms with E-state index < -0.39 is 11.6 Å². The molecule has 4 heteroatoms. The van der Waals surface area contributed by atoms with Gasteiger partial charge in [-0.25, -0.2) is 8.78 Å². The van der Waals surface area contributed by atoms with Crippen LogP contribution in [0.2, 0.25) is 0 Å². The molecule has 0 spiro atoms. The number of thioether (sulfide) groups is 1. The number of benzene rings is 2. The summed E-state index contributed by atoms with van der Waals surface area (Å²) in [5.74, 6) is -1.58. The van der Waals surface area contributed by atoms with Gasteiger partial charge in [0.15, 0.2) is 17.4 Å². The molecule has 0 unspecified atom stereocenters. The summed E-state index contributed by atoms with van der Waals surface area (Å²) >= 11 is 1.20. The zero-order valence-electron chi connectivity index (χ0n) is 11.7. The van der Waals surface area contributed by atoms with Gasteiger partial charge in [-0.2, -0.15) is 0 Å². The molecular formula is C17H16F2OS. The van der Waals surface area contributed by atoms with Crippen LogP contribution in [0.5, 0.6) is 0 Å². The van der Waals surface area contributed by atoms with Crippen LogP contribution in [0.15, 0.2) is 47.4 Å². The highest BCUT2D eigenvalue weighted by Crippen LogP contribution is 2.21. The van der Waals surface area contributed by atoms with Crippen molar-refractivity contribution in [1.29, 1.82) is 0 Å². The van der Waals surface area contributed by atoms with Crippen molar-refractivity contribution in [2.45, 2.75) is 24.7 Å². The van der Waals surface area contributed by atoms with Gasteiger partial charge >= 0.3 is 0 Å². The molecule has 0 aliphatic rings. The summed E-state index contributed by atoms with van der Waals surface area (Å²) in [5, 5.41) is 0. The van der Waals surface area contributed by atoms with E-state index in [4.69, 9.17) is 0 Å². The lowest BCUT2D eigenvalue weighted by Crippen LogP contribution is -2.02. The molecule has 0 radical (unpaired) electrons. The number of Topliss-reactive ketones (excluding diaryl/α,β-unsaturated/α-hetero) is 1. The van der Waals surface area contributed by atoms with Gasteiger partial charge in [0.05, 0.1) is 5.75 Å². The predicted molar refractivity (Wildman–Crippen MR) is 81.8 cm³/mol. The summed E-state index contributed by atoms with van der Waals surface area (Å²) in [4.78, 5) is 12.6. The molecule has 2 rings (SSSR count). The molecule has 0 N–H and O–H groups in total. The van der Waals surface area contributed by atoms with Gasteiger partial charge in [-0.15, -0.1) is 11.8 Å². The largest absolute Gasteiger partial charge is 0.293 e. The van der Waals surface area contributed by atoms with Crippen molar-refractivity contribution < 1.29 is 13.6 Å². The SMILES string of the molecule is CCCc1ccc(C(=O)CSc2ccc(F)c(F)c2)cc1. The summed E-state index contributed by atoms with van der Waals surface area (Å²) in [5.41, 5.74) is 1.85. The van der Waals surface area contributed by atoms with Crippen molar-refractivity contribution in [3.63, 3.8) is 0 Å². The third-order valence-electron chi connectivity index (χ3n) is 3.08. The monoisotopic (exact) mass is 306 g/mol. The van der Waals surface area contributed by atoms with Gasteiger partial charge < -0.3 is 0 Å². The second kappa shape index (κ2) is 7.36. The van der Waals surface area contributed by atoms with Crippen molar-refractivity contribution in [2.24, 2.45) is 0 Å². The Morgan fingerprint density at radius 3 is 2.38 bits per heavy atom. The average Bonchev–Trinajstić information content (AvgIpc) is 2.49. The zero-order chi connectivity index (χ0) is 15.2. The molecule has 0 amide bonds. The Morgan fingerprint density at radius 1 is 1.05 bits per heavy atom. The van der Waals surface area contributed by atoms with Crippen molar-refractivity contribution >= 4 is 17.5 Å². The van der Waals surface area contributed by atoms with Crippen molar-refractivity contribution in [2.75, 3.05) is 5.75 Å². The fraction of sp³-hybridized carbons (Fsp3) is 0.235. The number of rotatable bonds is 6. The van der Waals surface area contributed by atoms with Gasteiger partial charge in [0.25, 0.3) is 0 Å². The lowest BCUT2D eigenvalue weighted by atomic mass is 10.1. The summed E-state index contributed by atoms with van der Waals surface area (Å²) in [7, 11) is 0. The van der Waals surface area contributed by atoms with Gasteiger partial charge in [-0.1, -0.05) is 37.6 Å². The second-order valence-electron chi connectivity index (χ2n) is 4.73. The smallest absolute Gasteiger partial charge is 0.173 e. The molecule has 0 saturated carbocycles. The fourth-order valence-electron chi connectivity index (χ4n) is 1.94. The molecule has 0 aliphatic carbocycles. The first-order valence-electron chi connectivity index (χ1n) is 6.80. The molecule has 21 heavy (non-hydrogen) atoms. The predicted octanol–water partition coefficient (Wildman–Crippen LogP) is 4.89. The minimum atomic E-state index is -0.892. The van der Waals surface area contributed by atoms with Gasteiger partial charge in [0.2, 0.25) is 0 Å². The summed E-state index contributed by atoms with van der Waals surface area (Å²) in [6.07, 6.45) is 2.07. The Labute approximate surface area is 127 Å². The Kier molecular flexibility index (Phi) is 5.51. The molecule has 0 aromatic heterocycles. The number of hydrogen-bond donors (Lipinski definition) is 0. The third-order valence-corrected chi connectivity index (χ3v) is 4.07. The molecular weight excluding hydrogens is 290 g/mol. The average molecular weight is 306 g/mol. The maximum absolute atomic E-state index is 13.1. The first kappa shape index (κ1) is 15.7. The van der Waals surface area contributed by atoms with Crippen molar-refractivity contribution in [1.82, 2.24) is 0 Å². The number of ketones is 1. The van der Waals surface area contributed by atoms with Crippen LogP contribution < -0.4 is 0 Å². The van der Waals surface area contributed by atoms with Crippen LogP contribution >= 0.6 is 11.8 Å². The van der Waals surface area contributed by atoms with Crippen LogP contribution in [0.1, 0.15) is 29.3 Å². The van der Waals surface area contributed by atoms with E-state index >= 15 is 0 Å². The molecule has 0 heterocycles. The third kappa shape index (κ3) is 4.39. The summed E-state index contributed by atoms with van der Waals surface area (Å²) in [6, 6.07) is 11.2. The van der Waals surface area contributed by atoms with Gasteiger partial charge in [0.1, 0.15) is 0 Å². The van der Waals surface area contributed by atoms with Crippen LogP contribution in [0.3, 0.4) is 0 Å². The van der Waals surface area contributed by atoms with Crippen LogP contribution in [0.4, 0.5) is 8.78 Å². The molecule has 110 valence electrons. The Balaban J connectivity index is 1.96. The van der Waals surface area contributed by atoms with Crippen LogP contribution in [0.25, 0.3) is 0 Å². The second-order valence-corrected chi connectivity index (χ2v) is 5.78. The van der Waals surface area contributed by atoms with E-state index in [-0.39, 0.29) is 11.5 Å². The van der Waals surface area contributed by atoms with E-state index in [0.29, 0.717) is 10.5 Å². The van der Waals surface area contributed by atoms with Gasteiger partial charge in [-0.3, -0.25) is 4.79 Å². The van der Waals surface area contributed by atoms with E-state index in [1.165, 1.54) is 23.4 Å². The highest BCUT2D eigenvalue weighted by molar-refractivity contribution is 8.00. The fourth-order valence-corrected chi connectivity index (χ4v) is 2.76. The first-order chi connectivity index (χ1) is 10.1. The lowest BCUT2D eigenvalue weighted by molar-refractivity contribution is 0.102. The molecule has 1 nitrogen and oxygen atoms in total. The Morgan fingerprint density at radius 2 is 1.76 bits per heavy atom. The first-order valence-corrected chi connectivity index (χ1v) is 7.78. The van der Waals surface area contributed by atoms with E-state index in [1.807, 2.05) is 24.3 Å². The Bertz CT molecular complexity index is 623. The van der Waals surface area contributed by atoms with E-state index in [2.05, 4.69) is 6.92 Å². The molecule has 0 saturated heterocycles. The Hall–Kier alpha value is -1.68. The van der Waals surface area contributed by atoms with Gasteiger partial charge in [0, 0.05) is 10.5 Å². The topological polar surface area (TPSA) is 17.1 Å². The zero-order valence-corrected chi connectivity index (χ0v) is 12.6. The highest BCUT2D eigenvalue weighted by atomic mass is 32.2. The van der Waals surface area contributed by atoms with Gasteiger partial charge in [-0.05, 0) is 30.2 Å². The maximum atomic E-state index is 13.1. The number of hydrogen-bond acceptors (Lipinski definition) is 2. The standard InChI is InChI=1S/C17H16F2OS/c1-2-3-12-4-6-13(7-5-12)17(20)11-21-14-8-9-15(18)16(19)10-14/h4-10H,2-3,11H2,1H3. The summed E-state index contributed by atoms with van der Waals surface area (Å²) < 4.78 is 25.9. The van der Waals surface area contributed by atoms with Crippen LogP contribution in [0, 0.1) is 11.6 Å². The molecule has 0 bridgehead atoms. The minimum Gasteiger partial charge on any atom is -0.293 e. The molecule has 0 atom stereocenters. The molecule has 0 fully saturated rings. The number of halogens is 2. The van der Waals surface area contributed by atoms with Crippen molar-refractivity contribution in [3.8, 4) is 0 Å².